The number of hydrogen-bond acceptors (Lipinski definition) is 6. The van der Waals surface area contributed by atoms with Gasteiger partial charge in [0, 0.05) is 0 Å². The zero-order valence-electron chi connectivity index (χ0n) is 11.8. The van der Waals surface area contributed by atoms with Crippen molar-refractivity contribution in [3.8, 4) is 0 Å². The van der Waals surface area contributed by atoms with Gasteiger partial charge >= 0.3 is 11.7 Å². The summed E-state index contributed by atoms with van der Waals surface area (Å²) in [6, 6.07) is 9.42. The summed E-state index contributed by atoms with van der Waals surface area (Å²) < 4.78 is 7.26. The lowest BCUT2D eigenvalue weighted by Gasteiger charge is -2.04. The van der Waals surface area contributed by atoms with Crippen LogP contribution in [0.5, 0.6) is 0 Å². The summed E-state index contributed by atoms with van der Waals surface area (Å²) in [4.78, 5) is 28.0. The Balaban J connectivity index is 2.01. The second-order valence-corrected chi connectivity index (χ2v) is 4.52. The highest BCUT2D eigenvalue weighted by Gasteiger charge is 2.18. The van der Waals surface area contributed by atoms with Crippen LogP contribution in [0.2, 0.25) is 0 Å². The van der Waals surface area contributed by atoms with Crippen LogP contribution < -0.4 is 5.69 Å². The molecule has 0 saturated heterocycles. The molecule has 0 aliphatic rings. The molecule has 2 aromatic heterocycles. The van der Waals surface area contributed by atoms with Crippen molar-refractivity contribution in [2.24, 2.45) is 0 Å². The summed E-state index contributed by atoms with van der Waals surface area (Å²) in [5, 5.41) is 7.78. The Hall–Kier alpha value is -3.03. The van der Waals surface area contributed by atoms with Crippen LogP contribution in [-0.4, -0.2) is 37.0 Å². The quantitative estimate of drug-likeness (QED) is 0.652. The summed E-state index contributed by atoms with van der Waals surface area (Å²) in [6.45, 7) is 2.20. The molecule has 2 heterocycles. The summed E-state index contributed by atoms with van der Waals surface area (Å²) in [7, 11) is 0. The molecule has 0 aliphatic heterocycles. The number of aromatic nitrogens is 5. The van der Waals surface area contributed by atoms with Crippen molar-refractivity contribution in [1.29, 1.82) is 0 Å². The molecular weight excluding hydrogens is 286 g/mol. The third-order valence-corrected chi connectivity index (χ3v) is 3.06. The van der Waals surface area contributed by atoms with Crippen LogP contribution in [0, 0.1) is 0 Å². The van der Waals surface area contributed by atoms with Gasteiger partial charge in [0.25, 0.3) is 0 Å². The third-order valence-electron chi connectivity index (χ3n) is 3.06. The number of carbonyl (C=O) groups is 1. The van der Waals surface area contributed by atoms with Crippen molar-refractivity contribution in [3.63, 3.8) is 0 Å². The molecule has 0 saturated carbocycles. The van der Waals surface area contributed by atoms with E-state index in [1.807, 2.05) is 30.3 Å². The lowest BCUT2D eigenvalue weighted by atomic mass is 10.2. The van der Waals surface area contributed by atoms with Gasteiger partial charge in [-0.2, -0.15) is 4.68 Å². The van der Waals surface area contributed by atoms with E-state index in [1.165, 1.54) is 15.4 Å². The summed E-state index contributed by atoms with van der Waals surface area (Å²) >= 11 is 0. The Labute approximate surface area is 125 Å². The number of hydrogen-bond donors (Lipinski definition) is 0. The molecule has 8 nitrogen and oxygen atoms in total. The minimum Gasteiger partial charge on any atom is -0.461 e. The van der Waals surface area contributed by atoms with Crippen molar-refractivity contribution in [2.45, 2.75) is 13.5 Å². The molecule has 8 heteroatoms. The second-order valence-electron chi connectivity index (χ2n) is 4.52. The number of imidazole rings is 1. The topological polar surface area (TPSA) is 91.4 Å². The maximum absolute atomic E-state index is 12.4. The van der Waals surface area contributed by atoms with Gasteiger partial charge in [-0.25, -0.2) is 19.0 Å². The molecule has 0 amide bonds. The summed E-state index contributed by atoms with van der Waals surface area (Å²) in [6.07, 6.45) is 1.25. The Kier molecular flexibility index (Phi) is 3.65. The van der Waals surface area contributed by atoms with Gasteiger partial charge in [0.2, 0.25) is 0 Å². The van der Waals surface area contributed by atoms with Gasteiger partial charge in [0.15, 0.2) is 11.3 Å². The minimum absolute atomic E-state index is 0.0155. The number of carbonyl (C=O) groups excluding carboxylic acids is 1. The van der Waals surface area contributed by atoms with Crippen molar-refractivity contribution in [1.82, 2.24) is 24.4 Å². The molecule has 0 N–H and O–H groups in total. The molecule has 0 bridgehead atoms. The Morgan fingerprint density at radius 3 is 2.77 bits per heavy atom. The van der Waals surface area contributed by atoms with Crippen LogP contribution in [0.1, 0.15) is 23.0 Å². The number of nitrogens with zero attached hydrogens (tertiary/aromatic N) is 5. The van der Waals surface area contributed by atoms with Crippen LogP contribution in [-0.2, 0) is 11.3 Å². The second kappa shape index (κ2) is 5.76. The largest absolute Gasteiger partial charge is 0.461 e. The number of fused-ring (bicyclic) bond motifs is 1. The van der Waals surface area contributed by atoms with Crippen molar-refractivity contribution in [3.05, 3.63) is 58.4 Å². The first-order valence-corrected chi connectivity index (χ1v) is 6.72. The zero-order valence-corrected chi connectivity index (χ0v) is 11.8. The highest BCUT2D eigenvalue weighted by atomic mass is 16.5. The van der Waals surface area contributed by atoms with Gasteiger partial charge < -0.3 is 4.74 Å². The predicted octanol–water partition coefficient (Wildman–Crippen LogP) is 0.511. The van der Waals surface area contributed by atoms with E-state index in [-0.39, 0.29) is 24.5 Å². The maximum Gasteiger partial charge on any atom is 0.360 e. The normalized spacial score (nSPS) is 10.8. The Morgan fingerprint density at radius 1 is 1.27 bits per heavy atom. The van der Waals surface area contributed by atoms with Gasteiger partial charge in [-0.15, -0.1) is 5.10 Å². The van der Waals surface area contributed by atoms with E-state index in [4.69, 9.17) is 4.74 Å². The highest BCUT2D eigenvalue weighted by molar-refractivity contribution is 5.93. The molecule has 3 aromatic rings. The van der Waals surface area contributed by atoms with Crippen molar-refractivity contribution in [2.75, 3.05) is 6.61 Å². The monoisotopic (exact) mass is 299 g/mol. The van der Waals surface area contributed by atoms with Gasteiger partial charge in [-0.05, 0) is 12.5 Å². The predicted molar refractivity (Wildman–Crippen MR) is 76.5 cm³/mol. The molecular formula is C14H13N5O3. The molecule has 0 spiro atoms. The van der Waals surface area contributed by atoms with Crippen molar-refractivity contribution >= 4 is 11.6 Å². The molecule has 0 aliphatic carbocycles. The molecule has 0 radical (unpaired) electrons. The highest BCUT2D eigenvalue weighted by Crippen LogP contribution is 2.05. The van der Waals surface area contributed by atoms with Crippen LogP contribution >= 0.6 is 0 Å². The number of rotatable bonds is 4. The van der Waals surface area contributed by atoms with Gasteiger partial charge in [-0.1, -0.05) is 35.5 Å². The zero-order chi connectivity index (χ0) is 15.5. The first-order valence-electron chi connectivity index (χ1n) is 6.72. The van der Waals surface area contributed by atoms with E-state index >= 15 is 0 Å². The summed E-state index contributed by atoms with van der Waals surface area (Å²) in [5.74, 6) is -0.625. The molecule has 112 valence electrons. The van der Waals surface area contributed by atoms with E-state index in [0.717, 1.165) is 5.56 Å². The number of benzene rings is 1. The van der Waals surface area contributed by atoms with Gasteiger partial charge in [0.1, 0.15) is 6.33 Å². The standard InChI is InChI=1S/C14H13N5O3/c1-2-22-13(20)11-12-16-17-19(14(21)18(12)9-15-11)8-10-6-4-3-5-7-10/h3-7,9H,2,8H2,1H3. The molecule has 1 aromatic carbocycles. The third kappa shape index (κ3) is 2.46. The lowest BCUT2D eigenvalue weighted by Crippen LogP contribution is -2.30. The van der Waals surface area contributed by atoms with E-state index < -0.39 is 11.7 Å². The smallest absolute Gasteiger partial charge is 0.360 e. The van der Waals surface area contributed by atoms with Crippen LogP contribution in [0.4, 0.5) is 0 Å². The van der Waals surface area contributed by atoms with E-state index in [2.05, 4.69) is 15.3 Å². The SMILES string of the molecule is CCOC(=O)c1ncn2c(=O)n(Cc3ccccc3)nnc12. The first kappa shape index (κ1) is 13.9. The van der Waals surface area contributed by atoms with Crippen LogP contribution in [0.15, 0.2) is 41.5 Å². The fourth-order valence-electron chi connectivity index (χ4n) is 2.04. The Bertz CT molecular complexity index is 869. The van der Waals surface area contributed by atoms with Crippen molar-refractivity contribution < 1.29 is 9.53 Å². The minimum atomic E-state index is -0.625. The molecule has 3 rings (SSSR count). The van der Waals surface area contributed by atoms with E-state index in [1.54, 1.807) is 6.92 Å². The maximum atomic E-state index is 12.4. The number of ether oxygens (including phenoxy) is 1. The van der Waals surface area contributed by atoms with Crippen LogP contribution in [0.25, 0.3) is 5.65 Å². The molecule has 22 heavy (non-hydrogen) atoms. The molecule has 0 fully saturated rings. The fourth-order valence-corrected chi connectivity index (χ4v) is 2.04. The first-order chi connectivity index (χ1) is 10.7. The van der Waals surface area contributed by atoms with E-state index in [0.29, 0.717) is 0 Å². The average molecular weight is 299 g/mol. The Morgan fingerprint density at radius 2 is 2.05 bits per heavy atom. The molecule has 0 atom stereocenters. The van der Waals surface area contributed by atoms with E-state index in [9.17, 15) is 9.59 Å². The van der Waals surface area contributed by atoms with Gasteiger partial charge in [0.05, 0.1) is 13.2 Å². The molecule has 0 unspecified atom stereocenters. The lowest BCUT2D eigenvalue weighted by molar-refractivity contribution is 0.0522. The average Bonchev–Trinajstić information content (AvgIpc) is 2.96. The fraction of sp³-hybridized carbons (Fsp3) is 0.214. The van der Waals surface area contributed by atoms with Gasteiger partial charge in [-0.3, -0.25) is 0 Å². The summed E-state index contributed by atoms with van der Waals surface area (Å²) in [5.41, 5.74) is 0.576. The number of esters is 1. The van der Waals surface area contributed by atoms with Crippen LogP contribution in [0.3, 0.4) is 0 Å².